The first-order valence-electron chi connectivity index (χ1n) is 7.34. The molecule has 1 aromatic rings. The molecule has 1 unspecified atom stereocenters. The average Bonchev–Trinajstić information content (AvgIpc) is 2.40. The summed E-state index contributed by atoms with van der Waals surface area (Å²) in [5.41, 5.74) is 0.643. The van der Waals surface area contributed by atoms with E-state index in [0.717, 1.165) is 24.3 Å². The predicted octanol–water partition coefficient (Wildman–Crippen LogP) is 2.45. The van der Waals surface area contributed by atoms with Crippen molar-refractivity contribution in [3.63, 3.8) is 0 Å². The maximum atomic E-state index is 12.1. The van der Waals surface area contributed by atoms with Gasteiger partial charge in [0.2, 0.25) is 5.91 Å². The van der Waals surface area contributed by atoms with E-state index in [0.29, 0.717) is 17.5 Å². The van der Waals surface area contributed by atoms with Crippen LogP contribution in [0.15, 0.2) is 0 Å². The van der Waals surface area contributed by atoms with Crippen LogP contribution in [0.4, 0.5) is 5.82 Å². The Morgan fingerprint density at radius 3 is 2.62 bits per heavy atom. The van der Waals surface area contributed by atoms with Crippen molar-refractivity contribution in [2.75, 3.05) is 18.0 Å². The summed E-state index contributed by atoms with van der Waals surface area (Å²) < 4.78 is 0. The summed E-state index contributed by atoms with van der Waals surface area (Å²) in [6.07, 6.45) is 0.734. The molecule has 2 rings (SSSR count). The Hall–Kier alpha value is -1.36. The van der Waals surface area contributed by atoms with Crippen molar-refractivity contribution in [2.45, 2.75) is 52.5 Å². The molecule has 1 atom stereocenters. The summed E-state index contributed by atoms with van der Waals surface area (Å²) in [7, 11) is 0. The second-order valence-electron chi connectivity index (χ2n) is 6.45. The fourth-order valence-electron chi connectivity index (χ4n) is 2.47. The predicted molar refractivity (Wildman–Crippen MR) is 84.9 cm³/mol. The van der Waals surface area contributed by atoms with Gasteiger partial charge in [-0.05, 0) is 13.3 Å². The van der Waals surface area contributed by atoms with Gasteiger partial charge >= 0.3 is 0 Å². The number of halogens is 1. The molecule has 6 heteroatoms. The van der Waals surface area contributed by atoms with E-state index in [1.54, 1.807) is 0 Å². The average molecular weight is 311 g/mol. The SMILES string of the molecule is CCC1C(=O)NCCN1c1nc(C(C)(C)C)nc(Cl)c1C. The fraction of sp³-hybridized carbons (Fsp3) is 0.667. The van der Waals surface area contributed by atoms with Crippen LogP contribution in [0.3, 0.4) is 0 Å². The molecule has 21 heavy (non-hydrogen) atoms. The number of amides is 1. The number of nitrogens with zero attached hydrogens (tertiary/aromatic N) is 3. The van der Waals surface area contributed by atoms with Gasteiger partial charge in [-0.1, -0.05) is 39.3 Å². The largest absolute Gasteiger partial charge is 0.353 e. The van der Waals surface area contributed by atoms with E-state index in [4.69, 9.17) is 16.6 Å². The summed E-state index contributed by atoms with van der Waals surface area (Å²) in [4.78, 5) is 23.2. The number of hydrogen-bond donors (Lipinski definition) is 1. The molecule has 116 valence electrons. The first-order valence-corrected chi connectivity index (χ1v) is 7.72. The van der Waals surface area contributed by atoms with E-state index in [9.17, 15) is 4.79 Å². The molecule has 1 aliphatic heterocycles. The van der Waals surface area contributed by atoms with Crippen LogP contribution in [-0.2, 0) is 10.2 Å². The molecule has 0 radical (unpaired) electrons. The van der Waals surface area contributed by atoms with Gasteiger partial charge in [-0.3, -0.25) is 4.79 Å². The molecule has 1 aromatic heterocycles. The van der Waals surface area contributed by atoms with E-state index < -0.39 is 0 Å². The van der Waals surface area contributed by atoms with Crippen molar-refractivity contribution < 1.29 is 4.79 Å². The number of nitrogens with one attached hydrogen (secondary N) is 1. The van der Waals surface area contributed by atoms with Crippen LogP contribution < -0.4 is 10.2 Å². The topological polar surface area (TPSA) is 58.1 Å². The Balaban J connectivity index is 2.51. The van der Waals surface area contributed by atoms with Gasteiger partial charge in [0.05, 0.1) is 0 Å². The Morgan fingerprint density at radius 1 is 1.38 bits per heavy atom. The lowest BCUT2D eigenvalue weighted by molar-refractivity contribution is -0.123. The van der Waals surface area contributed by atoms with Gasteiger partial charge < -0.3 is 10.2 Å². The van der Waals surface area contributed by atoms with Crippen molar-refractivity contribution in [1.29, 1.82) is 0 Å². The Kier molecular flexibility index (Phi) is 4.42. The maximum absolute atomic E-state index is 12.1. The lowest BCUT2D eigenvalue weighted by Crippen LogP contribution is -2.55. The van der Waals surface area contributed by atoms with Crippen LogP contribution >= 0.6 is 11.6 Å². The summed E-state index contributed by atoms with van der Waals surface area (Å²) in [6.45, 7) is 11.4. The van der Waals surface area contributed by atoms with Gasteiger partial charge in [0.15, 0.2) is 0 Å². The Bertz CT molecular complexity index is 553. The number of aromatic nitrogens is 2. The summed E-state index contributed by atoms with van der Waals surface area (Å²) in [5, 5.41) is 3.37. The van der Waals surface area contributed by atoms with Crippen LogP contribution in [-0.4, -0.2) is 35.0 Å². The molecule has 1 saturated heterocycles. The fourth-order valence-corrected chi connectivity index (χ4v) is 2.63. The molecule has 1 N–H and O–H groups in total. The molecular weight excluding hydrogens is 288 g/mol. The number of piperazine rings is 1. The van der Waals surface area contributed by atoms with Crippen LogP contribution in [0.1, 0.15) is 45.5 Å². The van der Waals surface area contributed by atoms with Gasteiger partial charge in [0.25, 0.3) is 0 Å². The van der Waals surface area contributed by atoms with Crippen molar-refractivity contribution in [3.8, 4) is 0 Å². The zero-order valence-corrected chi connectivity index (χ0v) is 14.1. The van der Waals surface area contributed by atoms with Crippen LogP contribution in [0.25, 0.3) is 0 Å². The number of rotatable bonds is 2. The minimum absolute atomic E-state index is 0.0511. The van der Waals surface area contributed by atoms with Crippen LogP contribution in [0, 0.1) is 6.92 Å². The third-order valence-electron chi connectivity index (χ3n) is 3.72. The molecular formula is C15H23ClN4O. The first-order chi connectivity index (χ1) is 9.75. The first kappa shape index (κ1) is 16.0. The Morgan fingerprint density at radius 2 is 2.05 bits per heavy atom. The summed E-state index contributed by atoms with van der Waals surface area (Å²) in [6, 6.07) is -0.198. The van der Waals surface area contributed by atoms with Gasteiger partial charge in [-0.25, -0.2) is 9.97 Å². The minimum atomic E-state index is -0.198. The third kappa shape index (κ3) is 3.12. The van der Waals surface area contributed by atoms with Crippen molar-refractivity contribution in [1.82, 2.24) is 15.3 Å². The molecule has 5 nitrogen and oxygen atoms in total. The van der Waals surface area contributed by atoms with E-state index in [-0.39, 0.29) is 17.4 Å². The van der Waals surface area contributed by atoms with Gasteiger partial charge in [-0.2, -0.15) is 0 Å². The van der Waals surface area contributed by atoms with E-state index in [1.807, 2.05) is 13.8 Å². The van der Waals surface area contributed by atoms with Gasteiger partial charge in [0, 0.05) is 24.1 Å². The minimum Gasteiger partial charge on any atom is -0.353 e. The van der Waals surface area contributed by atoms with E-state index >= 15 is 0 Å². The monoisotopic (exact) mass is 310 g/mol. The normalized spacial score (nSPS) is 19.6. The van der Waals surface area contributed by atoms with Gasteiger partial charge in [-0.15, -0.1) is 0 Å². The van der Waals surface area contributed by atoms with Crippen LogP contribution in [0.5, 0.6) is 0 Å². The molecule has 2 heterocycles. The van der Waals surface area contributed by atoms with Crippen LogP contribution in [0.2, 0.25) is 5.15 Å². The van der Waals surface area contributed by atoms with Gasteiger partial charge in [0.1, 0.15) is 22.8 Å². The molecule has 0 aromatic carbocycles. The molecule has 1 aliphatic rings. The van der Waals surface area contributed by atoms with Crippen molar-refractivity contribution >= 4 is 23.3 Å². The summed E-state index contributed by atoms with van der Waals surface area (Å²) >= 11 is 6.29. The van der Waals surface area contributed by atoms with Crippen molar-refractivity contribution in [2.24, 2.45) is 0 Å². The summed E-state index contributed by atoms with van der Waals surface area (Å²) in [5.74, 6) is 1.53. The molecule has 0 spiro atoms. The van der Waals surface area contributed by atoms with Crippen molar-refractivity contribution in [3.05, 3.63) is 16.5 Å². The second kappa shape index (κ2) is 5.79. The standard InChI is InChI=1S/C15H23ClN4O/c1-6-10-13(21)17-7-8-20(10)12-9(2)11(16)18-14(19-12)15(3,4)5/h10H,6-8H2,1-5H3,(H,17,21). The molecule has 0 saturated carbocycles. The molecule has 1 fully saturated rings. The highest BCUT2D eigenvalue weighted by atomic mass is 35.5. The quantitative estimate of drug-likeness (QED) is 0.853. The highest BCUT2D eigenvalue weighted by Crippen LogP contribution is 2.30. The second-order valence-corrected chi connectivity index (χ2v) is 6.80. The highest BCUT2D eigenvalue weighted by molar-refractivity contribution is 6.30. The zero-order chi connectivity index (χ0) is 15.8. The highest BCUT2D eigenvalue weighted by Gasteiger charge is 2.32. The smallest absolute Gasteiger partial charge is 0.242 e. The maximum Gasteiger partial charge on any atom is 0.242 e. The lowest BCUT2D eigenvalue weighted by Gasteiger charge is -2.36. The Labute approximate surface area is 131 Å². The van der Waals surface area contributed by atoms with E-state index in [2.05, 4.69) is 36.0 Å². The zero-order valence-electron chi connectivity index (χ0n) is 13.3. The number of carbonyl (C=O) groups is 1. The molecule has 1 amide bonds. The third-order valence-corrected chi connectivity index (χ3v) is 4.09. The number of carbonyl (C=O) groups excluding carboxylic acids is 1. The molecule has 0 bridgehead atoms. The lowest BCUT2D eigenvalue weighted by atomic mass is 9.95. The molecule has 0 aliphatic carbocycles. The van der Waals surface area contributed by atoms with E-state index in [1.165, 1.54) is 0 Å². The number of hydrogen-bond acceptors (Lipinski definition) is 4. The number of anilines is 1.